The smallest absolute Gasteiger partial charge is 0.119 e. The fourth-order valence-corrected chi connectivity index (χ4v) is 1.96. The zero-order valence-electron chi connectivity index (χ0n) is 12.3. The number of anilines is 1. The second-order valence-electron chi connectivity index (χ2n) is 5.05. The lowest BCUT2D eigenvalue weighted by Gasteiger charge is -2.28. The van der Waals surface area contributed by atoms with E-state index in [9.17, 15) is 0 Å². The predicted molar refractivity (Wildman–Crippen MR) is 83.7 cm³/mol. The summed E-state index contributed by atoms with van der Waals surface area (Å²) in [7, 11) is 1.68. The Labute approximate surface area is 121 Å². The highest BCUT2D eigenvalue weighted by atomic mass is 16.5. The normalized spacial score (nSPS) is 10.8. The Morgan fingerprint density at radius 3 is 2.20 bits per heavy atom. The first kappa shape index (κ1) is 14.4. The molecule has 0 spiro atoms. The van der Waals surface area contributed by atoms with E-state index in [-0.39, 0.29) is 0 Å². The second-order valence-corrected chi connectivity index (χ2v) is 5.05. The largest absolute Gasteiger partial charge is 0.497 e. The highest BCUT2D eigenvalue weighted by Crippen LogP contribution is 2.17. The van der Waals surface area contributed by atoms with Crippen molar-refractivity contribution in [3.05, 3.63) is 60.2 Å². The van der Waals surface area contributed by atoms with E-state index in [1.54, 1.807) is 7.11 Å². The van der Waals surface area contributed by atoms with E-state index in [0.717, 1.165) is 18.0 Å². The van der Waals surface area contributed by atoms with Gasteiger partial charge in [0.05, 0.1) is 7.11 Å². The Balaban J connectivity index is 2.05. The molecule has 0 bridgehead atoms. The van der Waals surface area contributed by atoms with Gasteiger partial charge >= 0.3 is 0 Å². The van der Waals surface area contributed by atoms with E-state index in [2.05, 4.69) is 48.5 Å². The molecule has 0 aliphatic carbocycles. The van der Waals surface area contributed by atoms with Crippen LogP contribution in [-0.2, 0) is 6.54 Å². The lowest BCUT2D eigenvalue weighted by Crippen LogP contribution is -2.35. The molecule has 0 aliphatic heterocycles. The van der Waals surface area contributed by atoms with Crippen LogP contribution in [0.3, 0.4) is 0 Å². The summed E-state index contributed by atoms with van der Waals surface area (Å²) >= 11 is 0. The summed E-state index contributed by atoms with van der Waals surface area (Å²) in [5.41, 5.74) is 5.81. The van der Waals surface area contributed by atoms with Crippen LogP contribution in [0.5, 0.6) is 5.75 Å². The van der Waals surface area contributed by atoms with Gasteiger partial charge in [-0.25, -0.2) is 5.01 Å². The van der Waals surface area contributed by atoms with Crippen LogP contribution in [0.1, 0.15) is 19.4 Å². The summed E-state index contributed by atoms with van der Waals surface area (Å²) in [6.45, 7) is 5.23. The van der Waals surface area contributed by atoms with Crippen molar-refractivity contribution in [2.75, 3.05) is 12.5 Å². The molecular weight excluding hydrogens is 248 g/mol. The van der Waals surface area contributed by atoms with Gasteiger partial charge in [0.15, 0.2) is 0 Å². The number of hydrazine groups is 1. The van der Waals surface area contributed by atoms with E-state index in [1.165, 1.54) is 5.56 Å². The van der Waals surface area contributed by atoms with Gasteiger partial charge < -0.3 is 10.2 Å². The summed E-state index contributed by atoms with van der Waals surface area (Å²) in [5, 5.41) is 2.22. The number of hydrogen-bond acceptors (Lipinski definition) is 3. The van der Waals surface area contributed by atoms with Crippen LogP contribution in [0.15, 0.2) is 54.6 Å². The van der Waals surface area contributed by atoms with Gasteiger partial charge in [0.2, 0.25) is 0 Å². The standard InChI is InChI=1S/C17H22N2O/c1-14(2)19(13-15-7-5-4-6-8-15)18-16-9-11-17(20-3)12-10-16/h4-12,14,18H,13H2,1-3H3. The predicted octanol–water partition coefficient (Wildman–Crippen LogP) is 3.93. The van der Waals surface area contributed by atoms with Crippen molar-refractivity contribution in [2.45, 2.75) is 26.4 Å². The monoisotopic (exact) mass is 270 g/mol. The van der Waals surface area contributed by atoms with Crippen LogP contribution in [0.2, 0.25) is 0 Å². The van der Waals surface area contributed by atoms with E-state index in [1.807, 2.05) is 30.3 Å². The number of benzene rings is 2. The highest BCUT2D eigenvalue weighted by molar-refractivity contribution is 5.45. The molecule has 20 heavy (non-hydrogen) atoms. The van der Waals surface area contributed by atoms with Gasteiger partial charge in [0.1, 0.15) is 5.75 Å². The first-order chi connectivity index (χ1) is 9.69. The maximum Gasteiger partial charge on any atom is 0.119 e. The maximum atomic E-state index is 5.18. The van der Waals surface area contributed by atoms with Crippen LogP contribution in [0.25, 0.3) is 0 Å². The summed E-state index contributed by atoms with van der Waals surface area (Å²) in [6.07, 6.45) is 0. The number of nitrogens with one attached hydrogen (secondary N) is 1. The van der Waals surface area contributed by atoms with E-state index in [0.29, 0.717) is 6.04 Å². The summed E-state index contributed by atoms with van der Waals surface area (Å²) in [4.78, 5) is 0. The first-order valence-corrected chi connectivity index (χ1v) is 6.90. The van der Waals surface area contributed by atoms with Crippen LogP contribution in [0.4, 0.5) is 5.69 Å². The van der Waals surface area contributed by atoms with Crippen molar-refractivity contribution < 1.29 is 4.74 Å². The number of ether oxygens (including phenoxy) is 1. The number of rotatable bonds is 6. The molecule has 0 fully saturated rings. The topological polar surface area (TPSA) is 24.5 Å². The quantitative estimate of drug-likeness (QED) is 0.805. The van der Waals surface area contributed by atoms with Gasteiger partial charge in [0, 0.05) is 18.3 Å². The van der Waals surface area contributed by atoms with Crippen LogP contribution in [0, 0.1) is 0 Å². The third-order valence-electron chi connectivity index (χ3n) is 3.18. The fraction of sp³-hybridized carbons (Fsp3) is 0.294. The SMILES string of the molecule is COc1ccc(NN(Cc2ccccc2)C(C)C)cc1. The van der Waals surface area contributed by atoms with Crippen molar-refractivity contribution in [2.24, 2.45) is 0 Å². The van der Waals surface area contributed by atoms with Crippen LogP contribution >= 0.6 is 0 Å². The van der Waals surface area contributed by atoms with Crippen LogP contribution in [-0.4, -0.2) is 18.2 Å². The number of methoxy groups -OCH3 is 1. The molecule has 0 saturated heterocycles. The molecule has 0 heterocycles. The Kier molecular flexibility index (Phi) is 5.02. The molecule has 0 radical (unpaired) electrons. The van der Waals surface area contributed by atoms with E-state index < -0.39 is 0 Å². The fourth-order valence-electron chi connectivity index (χ4n) is 1.96. The van der Waals surface area contributed by atoms with Gasteiger partial charge in [0.25, 0.3) is 0 Å². The Morgan fingerprint density at radius 1 is 1.00 bits per heavy atom. The summed E-state index contributed by atoms with van der Waals surface area (Å²) < 4.78 is 5.18. The van der Waals surface area contributed by atoms with Gasteiger partial charge in [-0.15, -0.1) is 0 Å². The highest BCUT2D eigenvalue weighted by Gasteiger charge is 2.10. The minimum absolute atomic E-state index is 0.400. The lowest BCUT2D eigenvalue weighted by atomic mass is 10.2. The molecule has 2 aromatic rings. The maximum absolute atomic E-state index is 5.18. The first-order valence-electron chi connectivity index (χ1n) is 6.90. The molecular formula is C17H22N2O. The lowest BCUT2D eigenvalue weighted by molar-refractivity contribution is 0.261. The minimum atomic E-state index is 0.400. The molecule has 3 nitrogen and oxygen atoms in total. The average molecular weight is 270 g/mol. The molecule has 0 aliphatic rings. The Bertz CT molecular complexity index is 508. The molecule has 0 saturated carbocycles. The van der Waals surface area contributed by atoms with Crippen molar-refractivity contribution in [3.8, 4) is 5.75 Å². The second kappa shape index (κ2) is 6.96. The molecule has 3 heteroatoms. The summed E-state index contributed by atoms with van der Waals surface area (Å²) in [6, 6.07) is 18.8. The molecule has 1 N–H and O–H groups in total. The van der Waals surface area contributed by atoms with Crippen LogP contribution < -0.4 is 10.2 Å². The molecule has 106 valence electrons. The van der Waals surface area contributed by atoms with Gasteiger partial charge in [-0.2, -0.15) is 0 Å². The van der Waals surface area contributed by atoms with Crippen molar-refractivity contribution in [1.82, 2.24) is 5.01 Å². The summed E-state index contributed by atoms with van der Waals surface area (Å²) in [5.74, 6) is 0.870. The number of nitrogens with zero attached hydrogens (tertiary/aromatic N) is 1. The van der Waals surface area contributed by atoms with Crippen molar-refractivity contribution in [1.29, 1.82) is 0 Å². The van der Waals surface area contributed by atoms with Gasteiger partial charge in [-0.1, -0.05) is 30.3 Å². The molecule has 0 amide bonds. The molecule has 2 aromatic carbocycles. The van der Waals surface area contributed by atoms with E-state index in [4.69, 9.17) is 4.74 Å². The zero-order chi connectivity index (χ0) is 14.4. The molecule has 0 unspecified atom stereocenters. The number of hydrogen-bond donors (Lipinski definition) is 1. The molecule has 0 atom stereocenters. The van der Waals surface area contributed by atoms with Crippen molar-refractivity contribution >= 4 is 5.69 Å². The molecule has 2 rings (SSSR count). The Hall–Kier alpha value is -2.00. The molecule has 0 aromatic heterocycles. The van der Waals surface area contributed by atoms with Crippen molar-refractivity contribution in [3.63, 3.8) is 0 Å². The van der Waals surface area contributed by atoms with Gasteiger partial charge in [-0.3, -0.25) is 0 Å². The third-order valence-corrected chi connectivity index (χ3v) is 3.18. The Morgan fingerprint density at radius 2 is 1.65 bits per heavy atom. The zero-order valence-corrected chi connectivity index (χ0v) is 12.3. The average Bonchev–Trinajstić information content (AvgIpc) is 2.48. The third kappa shape index (κ3) is 4.00. The van der Waals surface area contributed by atoms with E-state index >= 15 is 0 Å². The van der Waals surface area contributed by atoms with Gasteiger partial charge in [-0.05, 0) is 43.7 Å². The minimum Gasteiger partial charge on any atom is -0.497 e.